The SMILES string of the molecule is CCOC(=O)c1ccc(NC=C(C#N)c2nn[nH]n2)c2c1OCCO2. The second-order valence-electron chi connectivity index (χ2n) is 4.79. The summed E-state index contributed by atoms with van der Waals surface area (Å²) >= 11 is 0. The molecule has 2 aromatic rings. The molecule has 10 nitrogen and oxygen atoms in total. The van der Waals surface area contributed by atoms with E-state index in [-0.39, 0.29) is 23.6 Å². The fraction of sp³-hybridized carbons (Fsp3) is 0.267. The van der Waals surface area contributed by atoms with Crippen LogP contribution < -0.4 is 14.8 Å². The minimum atomic E-state index is -0.490. The van der Waals surface area contributed by atoms with Gasteiger partial charge in [-0.2, -0.15) is 10.5 Å². The van der Waals surface area contributed by atoms with Crippen molar-refractivity contribution in [2.75, 3.05) is 25.1 Å². The molecular formula is C15H14N6O4. The molecule has 0 bridgehead atoms. The van der Waals surface area contributed by atoms with Crippen molar-refractivity contribution < 1.29 is 19.0 Å². The molecule has 1 aromatic carbocycles. The molecule has 0 aliphatic carbocycles. The number of H-pyrrole nitrogens is 1. The van der Waals surface area contributed by atoms with Gasteiger partial charge in [-0.1, -0.05) is 0 Å². The number of fused-ring (bicyclic) bond motifs is 1. The van der Waals surface area contributed by atoms with Gasteiger partial charge in [-0.25, -0.2) is 4.79 Å². The molecule has 0 amide bonds. The molecule has 128 valence electrons. The number of aromatic amines is 1. The average molecular weight is 342 g/mol. The summed E-state index contributed by atoms with van der Waals surface area (Å²) in [7, 11) is 0. The second kappa shape index (κ2) is 7.31. The number of carbonyl (C=O) groups is 1. The van der Waals surface area contributed by atoms with E-state index in [4.69, 9.17) is 14.2 Å². The molecule has 1 aliphatic rings. The largest absolute Gasteiger partial charge is 0.485 e. The molecule has 0 radical (unpaired) electrons. The molecule has 10 heteroatoms. The van der Waals surface area contributed by atoms with Gasteiger partial charge < -0.3 is 19.5 Å². The number of hydrogen-bond acceptors (Lipinski definition) is 9. The summed E-state index contributed by atoms with van der Waals surface area (Å²) in [5.41, 5.74) is 0.984. The zero-order valence-corrected chi connectivity index (χ0v) is 13.3. The highest BCUT2D eigenvalue weighted by Crippen LogP contribution is 2.41. The van der Waals surface area contributed by atoms with Crippen LogP contribution in [0.3, 0.4) is 0 Å². The Bertz CT molecular complexity index is 840. The Morgan fingerprint density at radius 2 is 2.24 bits per heavy atom. The Hall–Kier alpha value is -3.61. The van der Waals surface area contributed by atoms with E-state index in [0.717, 1.165) is 0 Å². The second-order valence-corrected chi connectivity index (χ2v) is 4.79. The lowest BCUT2D eigenvalue weighted by atomic mass is 10.1. The molecule has 0 unspecified atom stereocenters. The van der Waals surface area contributed by atoms with Crippen LogP contribution in [0.4, 0.5) is 5.69 Å². The van der Waals surface area contributed by atoms with Crippen LogP contribution in [0.25, 0.3) is 5.57 Å². The van der Waals surface area contributed by atoms with E-state index in [1.807, 2.05) is 6.07 Å². The molecule has 1 aromatic heterocycles. The van der Waals surface area contributed by atoms with Crippen molar-refractivity contribution in [1.29, 1.82) is 5.26 Å². The molecule has 0 atom stereocenters. The minimum absolute atomic E-state index is 0.157. The van der Waals surface area contributed by atoms with Crippen molar-refractivity contribution >= 4 is 17.2 Å². The van der Waals surface area contributed by atoms with E-state index in [9.17, 15) is 10.1 Å². The number of aromatic nitrogens is 4. The zero-order chi connectivity index (χ0) is 17.6. The monoisotopic (exact) mass is 342 g/mol. The van der Waals surface area contributed by atoms with E-state index < -0.39 is 5.97 Å². The third-order valence-electron chi connectivity index (χ3n) is 3.26. The number of carbonyl (C=O) groups excluding carboxylic acids is 1. The van der Waals surface area contributed by atoms with Crippen molar-refractivity contribution in [3.63, 3.8) is 0 Å². The Kier molecular flexibility index (Phi) is 4.75. The highest BCUT2D eigenvalue weighted by Gasteiger charge is 2.24. The summed E-state index contributed by atoms with van der Waals surface area (Å²) in [4.78, 5) is 12.0. The van der Waals surface area contributed by atoms with Gasteiger partial charge in [-0.3, -0.25) is 0 Å². The van der Waals surface area contributed by atoms with E-state index in [1.54, 1.807) is 19.1 Å². The van der Waals surface area contributed by atoms with Crippen LogP contribution in [0.2, 0.25) is 0 Å². The fourth-order valence-corrected chi connectivity index (χ4v) is 2.19. The maximum absolute atomic E-state index is 12.0. The molecule has 3 rings (SSSR count). The number of anilines is 1. The van der Waals surface area contributed by atoms with E-state index in [1.165, 1.54) is 6.20 Å². The molecule has 0 saturated heterocycles. The Labute approximate surface area is 142 Å². The third kappa shape index (κ3) is 3.35. The smallest absolute Gasteiger partial charge is 0.342 e. The first-order valence-electron chi connectivity index (χ1n) is 7.45. The predicted molar refractivity (Wildman–Crippen MR) is 84.8 cm³/mol. The molecule has 0 fully saturated rings. The fourth-order valence-electron chi connectivity index (χ4n) is 2.19. The van der Waals surface area contributed by atoms with E-state index in [0.29, 0.717) is 30.4 Å². The predicted octanol–water partition coefficient (Wildman–Crippen LogP) is 1.12. The Morgan fingerprint density at radius 3 is 2.92 bits per heavy atom. The molecule has 0 saturated carbocycles. The quantitative estimate of drug-likeness (QED) is 0.605. The van der Waals surface area contributed by atoms with Crippen molar-refractivity contribution in [2.24, 2.45) is 0 Å². The minimum Gasteiger partial charge on any atom is -0.485 e. The van der Waals surface area contributed by atoms with Crippen LogP contribution >= 0.6 is 0 Å². The molecule has 2 N–H and O–H groups in total. The van der Waals surface area contributed by atoms with Gasteiger partial charge in [-0.15, -0.1) is 10.2 Å². The maximum atomic E-state index is 12.0. The summed E-state index contributed by atoms with van der Waals surface area (Å²) in [5.74, 6) is 0.347. The van der Waals surface area contributed by atoms with Crippen molar-refractivity contribution in [3.05, 3.63) is 29.7 Å². The number of esters is 1. The normalized spacial score (nSPS) is 13.0. The van der Waals surface area contributed by atoms with Crippen molar-refractivity contribution in [1.82, 2.24) is 20.6 Å². The van der Waals surface area contributed by atoms with Crippen LogP contribution in [0.5, 0.6) is 11.5 Å². The number of nitriles is 1. The van der Waals surface area contributed by atoms with Crippen LogP contribution in [0.15, 0.2) is 18.3 Å². The summed E-state index contributed by atoms with van der Waals surface area (Å²) < 4.78 is 16.2. The number of nitrogens with zero attached hydrogens (tertiary/aromatic N) is 4. The van der Waals surface area contributed by atoms with Gasteiger partial charge in [0.05, 0.1) is 12.3 Å². The van der Waals surface area contributed by atoms with Gasteiger partial charge in [0.15, 0.2) is 11.5 Å². The first kappa shape index (κ1) is 16.3. The van der Waals surface area contributed by atoms with Gasteiger partial charge in [0, 0.05) is 6.20 Å². The van der Waals surface area contributed by atoms with Gasteiger partial charge >= 0.3 is 5.97 Å². The van der Waals surface area contributed by atoms with Crippen molar-refractivity contribution in [3.8, 4) is 17.6 Å². The lowest BCUT2D eigenvalue weighted by Gasteiger charge is -2.23. The number of ether oxygens (including phenoxy) is 3. The lowest BCUT2D eigenvalue weighted by molar-refractivity contribution is 0.0516. The first-order valence-corrected chi connectivity index (χ1v) is 7.45. The Morgan fingerprint density at radius 1 is 1.44 bits per heavy atom. The number of tetrazole rings is 1. The maximum Gasteiger partial charge on any atom is 0.342 e. The van der Waals surface area contributed by atoms with Gasteiger partial charge in [0.2, 0.25) is 5.82 Å². The highest BCUT2D eigenvalue weighted by atomic mass is 16.6. The van der Waals surface area contributed by atoms with Gasteiger partial charge in [-0.05, 0) is 24.3 Å². The van der Waals surface area contributed by atoms with E-state index >= 15 is 0 Å². The standard InChI is InChI=1S/C15H14N6O4/c1-2-23-15(22)10-3-4-11(13-12(10)24-5-6-25-13)17-8-9(7-16)14-18-20-21-19-14/h3-4,8,17H,2,5-6H2,1H3,(H,18,19,20,21). The average Bonchev–Trinajstić information content (AvgIpc) is 3.17. The zero-order valence-electron chi connectivity index (χ0n) is 13.3. The van der Waals surface area contributed by atoms with Crippen LogP contribution in [-0.2, 0) is 4.74 Å². The molecule has 25 heavy (non-hydrogen) atoms. The number of allylic oxidation sites excluding steroid dienone is 1. The molecule has 2 heterocycles. The van der Waals surface area contributed by atoms with Crippen molar-refractivity contribution in [2.45, 2.75) is 6.92 Å². The lowest BCUT2D eigenvalue weighted by Crippen LogP contribution is -2.19. The Balaban J connectivity index is 1.92. The number of hydrogen-bond donors (Lipinski definition) is 2. The van der Waals surface area contributed by atoms with Crippen LogP contribution in [-0.4, -0.2) is 46.4 Å². The topological polar surface area (TPSA) is 135 Å². The van der Waals surface area contributed by atoms with Crippen LogP contribution in [0, 0.1) is 11.3 Å². The molecule has 0 spiro atoms. The van der Waals surface area contributed by atoms with E-state index in [2.05, 4.69) is 25.9 Å². The summed E-state index contributed by atoms with van der Waals surface area (Å²) in [5, 5.41) is 25.3. The number of nitrogens with one attached hydrogen (secondary N) is 2. The van der Waals surface area contributed by atoms with Crippen LogP contribution in [0.1, 0.15) is 23.1 Å². The first-order chi connectivity index (χ1) is 12.2. The molecular weight excluding hydrogens is 328 g/mol. The summed E-state index contributed by atoms with van der Waals surface area (Å²) in [6.45, 7) is 2.65. The third-order valence-corrected chi connectivity index (χ3v) is 3.26. The number of rotatable bonds is 5. The summed E-state index contributed by atoms with van der Waals surface area (Å²) in [6.07, 6.45) is 1.42. The number of benzene rings is 1. The van der Waals surface area contributed by atoms with Gasteiger partial charge in [0.1, 0.15) is 30.4 Å². The summed E-state index contributed by atoms with van der Waals surface area (Å²) in [6, 6.07) is 5.18. The molecule has 1 aliphatic heterocycles. The van der Waals surface area contributed by atoms with Gasteiger partial charge in [0.25, 0.3) is 0 Å². The highest BCUT2D eigenvalue weighted by molar-refractivity contribution is 5.95.